The van der Waals surface area contributed by atoms with Gasteiger partial charge in [-0.3, -0.25) is 9.51 Å². The fraction of sp³-hybridized carbons (Fsp3) is 0.120. The summed E-state index contributed by atoms with van der Waals surface area (Å²) in [6.07, 6.45) is 0. The van der Waals surface area contributed by atoms with E-state index < -0.39 is 5.76 Å². The number of aromatic amines is 1. The maximum absolute atomic E-state index is 11.6. The number of rotatable bonds is 3. The molecule has 1 aromatic heterocycles. The van der Waals surface area contributed by atoms with Gasteiger partial charge in [-0.1, -0.05) is 41.0 Å². The zero-order valence-corrected chi connectivity index (χ0v) is 18.2. The van der Waals surface area contributed by atoms with Gasteiger partial charge in [0.25, 0.3) is 0 Å². The van der Waals surface area contributed by atoms with Crippen molar-refractivity contribution in [2.75, 3.05) is 0 Å². The minimum absolute atomic E-state index is 0.366. The summed E-state index contributed by atoms with van der Waals surface area (Å²) < 4.78 is 16.9. The standard InChI is InChI=1S/C25H19ClN2O4/c1-14-5-3-8-21-22(14)23(15(2)24-27-25(29)32-28-24)20-10-9-19(11-16(20)13-30-21)31-18-7-4-6-17(26)12-18/h3-12H,13H2,1-2H3,(H,27,28,29)/b23-15+. The molecule has 0 fully saturated rings. The van der Waals surface area contributed by atoms with Gasteiger partial charge >= 0.3 is 5.76 Å². The van der Waals surface area contributed by atoms with E-state index in [1.165, 1.54) is 0 Å². The number of allylic oxidation sites excluding steroid dienone is 1. The van der Waals surface area contributed by atoms with Crippen LogP contribution in [0.5, 0.6) is 17.2 Å². The fourth-order valence-electron chi connectivity index (χ4n) is 3.93. The molecule has 6 nitrogen and oxygen atoms in total. The first-order chi connectivity index (χ1) is 15.5. The zero-order valence-electron chi connectivity index (χ0n) is 17.4. The van der Waals surface area contributed by atoms with E-state index >= 15 is 0 Å². The van der Waals surface area contributed by atoms with E-state index in [4.69, 9.17) is 25.6 Å². The number of aryl methyl sites for hydroxylation is 1. The lowest BCUT2D eigenvalue weighted by atomic mass is 9.88. The summed E-state index contributed by atoms with van der Waals surface area (Å²) in [4.78, 5) is 14.2. The average Bonchev–Trinajstić information content (AvgIpc) is 3.13. The summed E-state index contributed by atoms with van der Waals surface area (Å²) >= 11 is 6.08. The van der Waals surface area contributed by atoms with Crippen LogP contribution in [0.2, 0.25) is 5.02 Å². The molecule has 1 aliphatic heterocycles. The Morgan fingerprint density at radius 2 is 1.91 bits per heavy atom. The summed E-state index contributed by atoms with van der Waals surface area (Å²) in [5, 5.41) is 4.51. The average molecular weight is 447 g/mol. The van der Waals surface area contributed by atoms with Crippen LogP contribution in [0.25, 0.3) is 11.1 Å². The number of hydrogen-bond donors (Lipinski definition) is 1. The minimum atomic E-state index is -0.597. The van der Waals surface area contributed by atoms with E-state index in [0.717, 1.165) is 39.1 Å². The fourth-order valence-corrected chi connectivity index (χ4v) is 4.11. The molecule has 0 amide bonds. The molecule has 1 aliphatic rings. The van der Waals surface area contributed by atoms with Crippen molar-refractivity contribution in [3.8, 4) is 17.2 Å². The van der Waals surface area contributed by atoms with E-state index in [9.17, 15) is 4.79 Å². The number of halogens is 1. The number of aromatic nitrogens is 2. The van der Waals surface area contributed by atoms with Gasteiger partial charge in [0.2, 0.25) is 0 Å². The van der Waals surface area contributed by atoms with Crippen LogP contribution in [0.3, 0.4) is 0 Å². The summed E-state index contributed by atoms with van der Waals surface area (Å²) in [5.41, 5.74) is 5.62. The molecule has 0 unspecified atom stereocenters. The zero-order chi connectivity index (χ0) is 22.2. The van der Waals surface area contributed by atoms with Crippen LogP contribution < -0.4 is 15.2 Å². The van der Waals surface area contributed by atoms with Crippen molar-refractivity contribution >= 4 is 22.7 Å². The Kier molecular flexibility index (Phi) is 5.07. The molecule has 160 valence electrons. The van der Waals surface area contributed by atoms with Crippen LogP contribution in [-0.4, -0.2) is 10.1 Å². The van der Waals surface area contributed by atoms with Crippen LogP contribution in [-0.2, 0) is 6.61 Å². The number of ether oxygens (including phenoxy) is 2. The molecule has 0 atom stereocenters. The van der Waals surface area contributed by atoms with Crippen molar-refractivity contribution in [2.45, 2.75) is 20.5 Å². The number of H-pyrrole nitrogens is 1. The van der Waals surface area contributed by atoms with Gasteiger partial charge in [-0.15, -0.1) is 0 Å². The van der Waals surface area contributed by atoms with Crippen molar-refractivity contribution in [2.24, 2.45) is 0 Å². The van der Waals surface area contributed by atoms with Crippen LogP contribution in [0.1, 0.15) is 35.0 Å². The predicted octanol–water partition coefficient (Wildman–Crippen LogP) is 5.99. The Morgan fingerprint density at radius 3 is 2.69 bits per heavy atom. The maximum atomic E-state index is 11.6. The molecule has 4 aromatic rings. The van der Waals surface area contributed by atoms with Crippen molar-refractivity contribution in [1.82, 2.24) is 10.1 Å². The molecule has 5 rings (SSSR count). The van der Waals surface area contributed by atoms with Gasteiger partial charge in [-0.2, -0.15) is 0 Å². The van der Waals surface area contributed by atoms with Crippen LogP contribution >= 0.6 is 11.6 Å². The number of nitrogens with one attached hydrogen (secondary N) is 1. The Balaban J connectivity index is 1.67. The van der Waals surface area contributed by atoms with Gasteiger partial charge in [0.15, 0.2) is 5.82 Å². The summed E-state index contributed by atoms with van der Waals surface area (Å²) in [5.74, 6) is 1.87. The van der Waals surface area contributed by atoms with Crippen molar-refractivity contribution in [3.63, 3.8) is 0 Å². The molecule has 32 heavy (non-hydrogen) atoms. The highest BCUT2D eigenvalue weighted by Crippen LogP contribution is 2.43. The highest BCUT2D eigenvalue weighted by Gasteiger charge is 2.25. The highest BCUT2D eigenvalue weighted by molar-refractivity contribution is 6.30. The Hall–Kier alpha value is -3.77. The Bertz CT molecular complexity index is 1420. The first-order valence-electron chi connectivity index (χ1n) is 10.1. The largest absolute Gasteiger partial charge is 0.488 e. The number of fused-ring (bicyclic) bond motifs is 2. The van der Waals surface area contributed by atoms with Gasteiger partial charge in [0.05, 0.1) is 0 Å². The molecule has 0 radical (unpaired) electrons. The number of hydrogen-bond acceptors (Lipinski definition) is 5. The summed E-state index contributed by atoms with van der Waals surface area (Å²) in [6.45, 7) is 4.30. The van der Waals surface area contributed by atoms with E-state index in [2.05, 4.69) is 10.1 Å². The molecule has 0 saturated heterocycles. The molecule has 0 saturated carbocycles. The molecule has 1 N–H and O–H groups in total. The molecular weight excluding hydrogens is 428 g/mol. The third-order valence-corrected chi connectivity index (χ3v) is 5.65. The van der Waals surface area contributed by atoms with Gasteiger partial charge in [0, 0.05) is 21.7 Å². The summed E-state index contributed by atoms with van der Waals surface area (Å²) in [7, 11) is 0. The second-order valence-corrected chi connectivity index (χ2v) is 8.00. The lowest BCUT2D eigenvalue weighted by molar-refractivity contribution is 0.306. The Labute approximate surface area is 189 Å². The van der Waals surface area contributed by atoms with Crippen LogP contribution in [0.4, 0.5) is 0 Å². The van der Waals surface area contributed by atoms with Gasteiger partial charge in [0.1, 0.15) is 23.9 Å². The smallest absolute Gasteiger partial charge is 0.439 e. The summed E-state index contributed by atoms with van der Waals surface area (Å²) in [6, 6.07) is 19.0. The molecule has 0 spiro atoms. The normalized spacial score (nSPS) is 14.1. The third-order valence-electron chi connectivity index (χ3n) is 5.42. The minimum Gasteiger partial charge on any atom is -0.488 e. The monoisotopic (exact) mass is 446 g/mol. The van der Waals surface area contributed by atoms with E-state index in [1.54, 1.807) is 12.1 Å². The van der Waals surface area contributed by atoms with E-state index in [-0.39, 0.29) is 0 Å². The molecular formula is C25H19ClN2O4. The van der Waals surface area contributed by atoms with E-state index in [0.29, 0.717) is 29.0 Å². The molecule has 0 bridgehead atoms. The lowest BCUT2D eigenvalue weighted by Crippen LogP contribution is -2.00. The predicted molar refractivity (Wildman–Crippen MR) is 122 cm³/mol. The topological polar surface area (TPSA) is 77.3 Å². The number of benzene rings is 3. The second kappa shape index (κ2) is 8.05. The molecule has 0 aliphatic carbocycles. The van der Waals surface area contributed by atoms with Crippen LogP contribution in [0.15, 0.2) is 70.0 Å². The lowest BCUT2D eigenvalue weighted by Gasteiger charge is -2.16. The van der Waals surface area contributed by atoms with Crippen LogP contribution in [0, 0.1) is 6.92 Å². The van der Waals surface area contributed by atoms with Crippen molar-refractivity contribution in [3.05, 3.63) is 104 Å². The molecule has 3 aromatic carbocycles. The number of nitrogens with zero attached hydrogens (tertiary/aromatic N) is 1. The SMILES string of the molecule is C/C(=C1/c2ccc(Oc3cccc(Cl)c3)cc2COc2cccc(C)c21)c1noc(=O)[nH]1. The molecule has 2 heterocycles. The quantitative estimate of drug-likeness (QED) is 0.418. The Morgan fingerprint density at radius 1 is 1.09 bits per heavy atom. The van der Waals surface area contributed by atoms with Crippen molar-refractivity contribution < 1.29 is 14.0 Å². The third kappa shape index (κ3) is 3.69. The second-order valence-electron chi connectivity index (χ2n) is 7.56. The van der Waals surface area contributed by atoms with Crippen molar-refractivity contribution in [1.29, 1.82) is 0 Å². The highest BCUT2D eigenvalue weighted by atomic mass is 35.5. The maximum Gasteiger partial charge on any atom is 0.439 e. The van der Waals surface area contributed by atoms with Gasteiger partial charge in [-0.05, 0) is 66.9 Å². The first-order valence-corrected chi connectivity index (χ1v) is 10.4. The van der Waals surface area contributed by atoms with Gasteiger partial charge in [-0.25, -0.2) is 4.79 Å². The van der Waals surface area contributed by atoms with E-state index in [1.807, 2.05) is 62.4 Å². The van der Waals surface area contributed by atoms with Gasteiger partial charge < -0.3 is 9.47 Å². The first kappa shape index (κ1) is 20.2. The molecule has 7 heteroatoms.